The molecule has 1 amide bonds. The fourth-order valence-corrected chi connectivity index (χ4v) is 3.42. The van der Waals surface area contributed by atoms with Gasteiger partial charge in [-0.05, 0) is 56.0 Å². The summed E-state index contributed by atoms with van der Waals surface area (Å²) in [6.07, 6.45) is 12.7. The number of hydroxylamine groups is 1. The number of nitrogens with one attached hydrogen (secondary N) is 2. The Kier molecular flexibility index (Phi) is 10.6. The van der Waals surface area contributed by atoms with E-state index >= 15 is 0 Å². The summed E-state index contributed by atoms with van der Waals surface area (Å²) >= 11 is 6.10. The van der Waals surface area contributed by atoms with E-state index in [2.05, 4.69) is 47.4 Å². The van der Waals surface area contributed by atoms with Gasteiger partial charge in [0.2, 0.25) is 0 Å². The number of thioether (sulfide) groups is 1. The van der Waals surface area contributed by atoms with E-state index < -0.39 is 0 Å². The standard InChI is InChI=1S/C19H23N3O2S2.C2H6/c1-13-10-15(11-18(26-4)19(23)20-12-25)14(2)22(13)17-7-5-6-16(8-9-17)21-24-3;1-2/h5-6,8-12,21H,7H2,1-4H3,(H,20,23,25);1-2H3/b18-11+;. The molecule has 0 saturated heterocycles. The summed E-state index contributed by atoms with van der Waals surface area (Å²) in [5.74, 6) is -0.188. The first kappa shape index (κ1) is 23.9. The number of hydrogen-bond acceptors (Lipinski definition) is 5. The van der Waals surface area contributed by atoms with Crippen molar-refractivity contribution < 1.29 is 9.63 Å². The number of aryl methyl sites for hydroxylation is 1. The first-order valence-corrected chi connectivity index (χ1v) is 10.8. The minimum absolute atomic E-state index is 0.188. The van der Waals surface area contributed by atoms with Crippen LogP contribution in [0.25, 0.3) is 11.8 Å². The van der Waals surface area contributed by atoms with Gasteiger partial charge in [0.15, 0.2) is 0 Å². The molecule has 1 aliphatic rings. The van der Waals surface area contributed by atoms with Gasteiger partial charge in [-0.15, -0.1) is 11.8 Å². The van der Waals surface area contributed by atoms with E-state index in [1.54, 1.807) is 7.11 Å². The zero-order chi connectivity index (χ0) is 21.1. The normalized spacial score (nSPS) is 13.6. The first-order chi connectivity index (χ1) is 13.5. The second kappa shape index (κ2) is 12.4. The third kappa shape index (κ3) is 6.22. The molecule has 0 spiro atoms. The Bertz CT molecular complexity index is 818. The number of hydrogen-bond donors (Lipinski definition) is 2. The average Bonchev–Trinajstić information content (AvgIpc) is 2.84. The van der Waals surface area contributed by atoms with Gasteiger partial charge in [0.25, 0.3) is 5.91 Å². The molecule has 0 saturated carbocycles. The molecular weight excluding hydrogens is 390 g/mol. The molecule has 0 unspecified atom stereocenters. The van der Waals surface area contributed by atoms with Crippen molar-refractivity contribution in [3.8, 4) is 0 Å². The number of amides is 1. The number of allylic oxidation sites excluding steroid dienone is 5. The molecule has 2 N–H and O–H groups in total. The summed E-state index contributed by atoms with van der Waals surface area (Å²) in [5.41, 5.74) is 9.33. The van der Waals surface area contributed by atoms with Crippen LogP contribution >= 0.6 is 24.0 Å². The maximum absolute atomic E-state index is 12.1. The lowest BCUT2D eigenvalue weighted by Gasteiger charge is -2.12. The predicted molar refractivity (Wildman–Crippen MR) is 125 cm³/mol. The Labute approximate surface area is 177 Å². The van der Waals surface area contributed by atoms with Gasteiger partial charge in [0.05, 0.1) is 23.2 Å². The van der Waals surface area contributed by atoms with Crippen LogP contribution in [0.5, 0.6) is 0 Å². The van der Waals surface area contributed by atoms with Crippen LogP contribution in [0.1, 0.15) is 37.2 Å². The highest BCUT2D eigenvalue weighted by Crippen LogP contribution is 2.27. The third-order valence-corrected chi connectivity index (χ3v) is 4.84. The van der Waals surface area contributed by atoms with Gasteiger partial charge in [-0.1, -0.05) is 32.1 Å². The van der Waals surface area contributed by atoms with E-state index in [-0.39, 0.29) is 5.91 Å². The van der Waals surface area contributed by atoms with Gasteiger partial charge in [-0.25, -0.2) is 0 Å². The van der Waals surface area contributed by atoms with Crippen LogP contribution in [0, 0.1) is 13.8 Å². The van der Waals surface area contributed by atoms with E-state index in [1.807, 2.05) is 38.3 Å². The molecular formula is C21H29N3O2S2. The highest BCUT2D eigenvalue weighted by Gasteiger charge is 2.14. The lowest BCUT2D eigenvalue weighted by molar-refractivity contribution is -0.115. The number of nitrogens with zero attached hydrogens (tertiary/aromatic N) is 1. The molecule has 1 aromatic rings. The van der Waals surface area contributed by atoms with Crippen molar-refractivity contribution >= 4 is 47.2 Å². The van der Waals surface area contributed by atoms with Crippen molar-refractivity contribution in [1.29, 1.82) is 0 Å². The van der Waals surface area contributed by atoms with Crippen molar-refractivity contribution in [1.82, 2.24) is 15.4 Å². The molecule has 0 aromatic carbocycles. The zero-order valence-corrected chi connectivity index (χ0v) is 19.0. The van der Waals surface area contributed by atoms with E-state index in [9.17, 15) is 4.79 Å². The van der Waals surface area contributed by atoms with Gasteiger partial charge in [-0.3, -0.25) is 15.1 Å². The van der Waals surface area contributed by atoms with Gasteiger partial charge >= 0.3 is 0 Å². The fraction of sp³-hybridized carbons (Fsp3) is 0.333. The van der Waals surface area contributed by atoms with E-state index in [1.165, 1.54) is 17.3 Å². The molecule has 152 valence electrons. The highest BCUT2D eigenvalue weighted by atomic mass is 32.2. The SMILES string of the molecule is CC.CONC1=CC=C(n2c(C)cc(/C=C(/SC)C(=O)NC=S)c2C)CC=C1. The van der Waals surface area contributed by atoms with Crippen molar-refractivity contribution in [2.24, 2.45) is 0 Å². The maximum atomic E-state index is 12.1. The molecule has 0 fully saturated rings. The molecule has 1 aromatic heterocycles. The smallest absolute Gasteiger partial charge is 0.262 e. The van der Waals surface area contributed by atoms with Gasteiger partial charge < -0.3 is 9.88 Å². The Balaban J connectivity index is 0.00000190. The topological polar surface area (TPSA) is 55.3 Å². The molecule has 7 heteroatoms. The summed E-state index contributed by atoms with van der Waals surface area (Å²) in [7, 11) is 1.59. The molecule has 1 aliphatic carbocycles. The highest BCUT2D eigenvalue weighted by molar-refractivity contribution is 8.03. The van der Waals surface area contributed by atoms with Crippen LogP contribution in [0.3, 0.4) is 0 Å². The number of carbonyl (C=O) groups excluding carboxylic acids is 1. The van der Waals surface area contributed by atoms with Crippen LogP contribution in [-0.2, 0) is 9.63 Å². The van der Waals surface area contributed by atoms with Crippen LogP contribution < -0.4 is 10.8 Å². The largest absolute Gasteiger partial charge is 0.321 e. The zero-order valence-electron chi connectivity index (χ0n) is 17.3. The molecule has 2 rings (SSSR count). The van der Waals surface area contributed by atoms with Crippen molar-refractivity contribution in [3.63, 3.8) is 0 Å². The Morgan fingerprint density at radius 2 is 2.04 bits per heavy atom. The molecule has 0 aliphatic heterocycles. The summed E-state index contributed by atoms with van der Waals surface area (Å²) < 4.78 is 2.21. The fourth-order valence-electron chi connectivity index (χ4n) is 2.83. The van der Waals surface area contributed by atoms with E-state index in [0.29, 0.717) is 4.91 Å². The van der Waals surface area contributed by atoms with Crippen molar-refractivity contribution in [3.05, 3.63) is 57.9 Å². The van der Waals surface area contributed by atoms with Gasteiger partial charge in [0.1, 0.15) is 0 Å². The summed E-state index contributed by atoms with van der Waals surface area (Å²) in [5, 5.41) is 2.55. The number of aromatic nitrogens is 1. The molecule has 1 heterocycles. The number of carbonyl (C=O) groups is 1. The summed E-state index contributed by atoms with van der Waals surface area (Å²) in [6.45, 7) is 8.12. The monoisotopic (exact) mass is 419 g/mol. The Hall–Kier alpha value is -2.09. The minimum atomic E-state index is -0.188. The molecule has 0 atom stereocenters. The molecule has 5 nitrogen and oxygen atoms in total. The second-order valence-electron chi connectivity index (χ2n) is 5.66. The van der Waals surface area contributed by atoms with Crippen LogP contribution in [0.15, 0.2) is 41.0 Å². The van der Waals surface area contributed by atoms with Crippen molar-refractivity contribution in [2.75, 3.05) is 13.4 Å². The quantitative estimate of drug-likeness (QED) is 0.380. The predicted octanol–water partition coefficient (Wildman–Crippen LogP) is 4.74. The average molecular weight is 420 g/mol. The molecule has 0 radical (unpaired) electrons. The minimum Gasteiger partial charge on any atom is -0.321 e. The van der Waals surface area contributed by atoms with Crippen LogP contribution in [0.4, 0.5) is 0 Å². The van der Waals surface area contributed by atoms with Gasteiger partial charge in [-0.2, -0.15) is 0 Å². The van der Waals surface area contributed by atoms with Crippen LogP contribution in [0.2, 0.25) is 0 Å². The molecule has 28 heavy (non-hydrogen) atoms. The number of thiocarbonyl (C=S) groups is 1. The first-order valence-electron chi connectivity index (χ1n) is 9.07. The van der Waals surface area contributed by atoms with Crippen LogP contribution in [-0.4, -0.2) is 29.3 Å². The van der Waals surface area contributed by atoms with Gasteiger partial charge in [0, 0.05) is 23.5 Å². The second-order valence-corrected chi connectivity index (χ2v) is 6.74. The lowest BCUT2D eigenvalue weighted by atomic mass is 10.2. The Morgan fingerprint density at radius 3 is 2.64 bits per heavy atom. The van der Waals surface area contributed by atoms with E-state index in [0.717, 1.165) is 34.8 Å². The molecule has 0 bridgehead atoms. The van der Waals surface area contributed by atoms with Crippen molar-refractivity contribution in [2.45, 2.75) is 34.1 Å². The summed E-state index contributed by atoms with van der Waals surface area (Å²) in [4.78, 5) is 17.7. The Morgan fingerprint density at radius 1 is 1.32 bits per heavy atom. The third-order valence-electron chi connectivity index (χ3n) is 3.98. The van der Waals surface area contributed by atoms with E-state index in [4.69, 9.17) is 17.1 Å². The lowest BCUT2D eigenvalue weighted by Crippen LogP contribution is -2.20. The summed E-state index contributed by atoms with van der Waals surface area (Å²) in [6, 6.07) is 2.09. The number of rotatable bonds is 7. The maximum Gasteiger partial charge on any atom is 0.262 e.